The first-order chi connectivity index (χ1) is 9.60. The average Bonchev–Trinajstić information content (AvgIpc) is 2.45. The molecule has 20 heavy (non-hydrogen) atoms. The molecule has 0 bridgehead atoms. The van der Waals surface area contributed by atoms with Crippen LogP contribution in [0, 0.1) is 6.92 Å². The van der Waals surface area contributed by atoms with Gasteiger partial charge in [-0.15, -0.1) is 0 Å². The lowest BCUT2D eigenvalue weighted by molar-refractivity contribution is 0.519. The molecule has 0 saturated carbocycles. The lowest BCUT2D eigenvalue weighted by atomic mass is 10.0. The Morgan fingerprint density at radius 2 is 1.70 bits per heavy atom. The Labute approximate surface area is 130 Å². The topological polar surface area (TPSA) is 12.0 Å². The molecule has 0 spiro atoms. The van der Waals surface area contributed by atoms with Gasteiger partial charge in [-0.3, -0.25) is 0 Å². The van der Waals surface area contributed by atoms with E-state index in [1.54, 1.807) is 0 Å². The molecule has 1 atom stereocenters. The van der Waals surface area contributed by atoms with E-state index in [0.717, 1.165) is 18.5 Å². The second-order valence-corrected chi connectivity index (χ2v) is 5.82. The lowest BCUT2D eigenvalue weighted by Gasteiger charge is -2.18. The van der Waals surface area contributed by atoms with Gasteiger partial charge in [-0.1, -0.05) is 66.0 Å². The van der Waals surface area contributed by atoms with Crippen LogP contribution >= 0.6 is 23.2 Å². The Bertz CT molecular complexity index is 564. The van der Waals surface area contributed by atoms with E-state index in [1.165, 1.54) is 11.1 Å². The summed E-state index contributed by atoms with van der Waals surface area (Å²) in [6.45, 7) is 5.07. The number of benzene rings is 2. The first-order valence-corrected chi connectivity index (χ1v) is 7.59. The van der Waals surface area contributed by atoms with Crippen molar-refractivity contribution >= 4 is 23.2 Å². The molecule has 0 fully saturated rings. The van der Waals surface area contributed by atoms with Crippen LogP contribution in [-0.4, -0.2) is 0 Å². The van der Waals surface area contributed by atoms with Crippen molar-refractivity contribution in [3.8, 4) is 0 Å². The summed E-state index contributed by atoms with van der Waals surface area (Å²) in [5.41, 5.74) is 3.75. The summed E-state index contributed by atoms with van der Waals surface area (Å²) in [5, 5.41) is 4.77. The van der Waals surface area contributed by atoms with Gasteiger partial charge in [0.05, 0.1) is 10.0 Å². The molecule has 2 aromatic carbocycles. The van der Waals surface area contributed by atoms with Crippen LogP contribution in [-0.2, 0) is 6.54 Å². The normalized spacial score (nSPS) is 12.4. The SMILES string of the molecule is CCC(NCc1ccc(Cl)c(Cl)c1)c1ccc(C)cc1. The zero-order valence-corrected chi connectivity index (χ0v) is 13.3. The van der Waals surface area contributed by atoms with Gasteiger partial charge in [-0.2, -0.15) is 0 Å². The zero-order chi connectivity index (χ0) is 14.5. The molecule has 1 N–H and O–H groups in total. The van der Waals surface area contributed by atoms with Gasteiger partial charge < -0.3 is 5.32 Å². The molecule has 0 heterocycles. The van der Waals surface area contributed by atoms with E-state index in [9.17, 15) is 0 Å². The lowest BCUT2D eigenvalue weighted by Crippen LogP contribution is -2.20. The van der Waals surface area contributed by atoms with Gasteiger partial charge in [0.25, 0.3) is 0 Å². The molecule has 1 unspecified atom stereocenters. The fourth-order valence-electron chi connectivity index (χ4n) is 2.19. The highest BCUT2D eigenvalue weighted by Gasteiger charge is 2.08. The molecule has 3 heteroatoms. The molecule has 0 aliphatic heterocycles. The first kappa shape index (κ1) is 15.4. The Balaban J connectivity index is 2.03. The second-order valence-electron chi connectivity index (χ2n) is 5.00. The van der Waals surface area contributed by atoms with Crippen LogP contribution < -0.4 is 5.32 Å². The minimum atomic E-state index is 0.352. The van der Waals surface area contributed by atoms with Crippen molar-refractivity contribution in [1.29, 1.82) is 0 Å². The van der Waals surface area contributed by atoms with Gasteiger partial charge in [-0.05, 0) is 36.6 Å². The van der Waals surface area contributed by atoms with E-state index in [-0.39, 0.29) is 0 Å². The van der Waals surface area contributed by atoms with Gasteiger partial charge in [0, 0.05) is 12.6 Å². The van der Waals surface area contributed by atoms with Gasteiger partial charge in [0.1, 0.15) is 0 Å². The van der Waals surface area contributed by atoms with Crippen LogP contribution in [0.5, 0.6) is 0 Å². The third-order valence-electron chi connectivity index (χ3n) is 3.42. The largest absolute Gasteiger partial charge is 0.306 e. The van der Waals surface area contributed by atoms with Crippen LogP contribution in [0.15, 0.2) is 42.5 Å². The third kappa shape index (κ3) is 3.99. The van der Waals surface area contributed by atoms with Crippen molar-refractivity contribution in [2.75, 3.05) is 0 Å². The smallest absolute Gasteiger partial charge is 0.0595 e. The van der Waals surface area contributed by atoms with Gasteiger partial charge in [0.2, 0.25) is 0 Å². The number of hydrogen-bond donors (Lipinski definition) is 1. The summed E-state index contributed by atoms with van der Waals surface area (Å²) < 4.78 is 0. The molecule has 0 aromatic heterocycles. The Morgan fingerprint density at radius 1 is 1.00 bits per heavy atom. The molecule has 0 aliphatic rings. The summed E-state index contributed by atoms with van der Waals surface area (Å²) in [6, 6.07) is 14.8. The number of halogens is 2. The fourth-order valence-corrected chi connectivity index (χ4v) is 2.51. The molecule has 2 aromatic rings. The highest BCUT2D eigenvalue weighted by atomic mass is 35.5. The van der Waals surface area contributed by atoms with Crippen molar-refractivity contribution in [1.82, 2.24) is 5.32 Å². The van der Waals surface area contributed by atoms with Crippen LogP contribution in [0.4, 0.5) is 0 Å². The average molecular weight is 308 g/mol. The van der Waals surface area contributed by atoms with Gasteiger partial charge >= 0.3 is 0 Å². The first-order valence-electron chi connectivity index (χ1n) is 6.84. The minimum absolute atomic E-state index is 0.352. The Hall–Kier alpha value is -1.02. The number of hydrogen-bond acceptors (Lipinski definition) is 1. The van der Waals surface area contributed by atoms with Crippen LogP contribution in [0.3, 0.4) is 0 Å². The molecule has 2 rings (SSSR count). The minimum Gasteiger partial charge on any atom is -0.306 e. The van der Waals surface area contributed by atoms with Gasteiger partial charge in [0.15, 0.2) is 0 Å². The van der Waals surface area contributed by atoms with Crippen LogP contribution in [0.2, 0.25) is 10.0 Å². The fraction of sp³-hybridized carbons (Fsp3) is 0.294. The van der Waals surface area contributed by atoms with E-state index < -0.39 is 0 Å². The summed E-state index contributed by atoms with van der Waals surface area (Å²) in [5.74, 6) is 0. The highest BCUT2D eigenvalue weighted by Crippen LogP contribution is 2.23. The van der Waals surface area contributed by atoms with Crippen LogP contribution in [0.25, 0.3) is 0 Å². The molecule has 1 nitrogen and oxygen atoms in total. The molecule has 0 saturated heterocycles. The van der Waals surface area contributed by atoms with E-state index in [0.29, 0.717) is 16.1 Å². The van der Waals surface area contributed by atoms with E-state index >= 15 is 0 Å². The Morgan fingerprint density at radius 3 is 2.30 bits per heavy atom. The van der Waals surface area contributed by atoms with E-state index in [4.69, 9.17) is 23.2 Å². The van der Waals surface area contributed by atoms with Crippen molar-refractivity contribution < 1.29 is 0 Å². The number of aryl methyl sites for hydroxylation is 1. The third-order valence-corrected chi connectivity index (χ3v) is 4.16. The summed E-state index contributed by atoms with van der Waals surface area (Å²) in [7, 11) is 0. The monoisotopic (exact) mass is 307 g/mol. The van der Waals surface area contributed by atoms with Crippen molar-refractivity contribution in [3.05, 3.63) is 69.2 Å². The maximum absolute atomic E-state index is 6.04. The maximum Gasteiger partial charge on any atom is 0.0595 e. The van der Waals surface area contributed by atoms with E-state index in [2.05, 4.69) is 43.4 Å². The molecule has 0 aliphatic carbocycles. The predicted molar refractivity (Wildman–Crippen MR) is 87.5 cm³/mol. The van der Waals surface area contributed by atoms with Crippen molar-refractivity contribution in [2.24, 2.45) is 0 Å². The molecular formula is C17H19Cl2N. The highest BCUT2D eigenvalue weighted by molar-refractivity contribution is 6.42. The van der Waals surface area contributed by atoms with Crippen LogP contribution in [0.1, 0.15) is 36.1 Å². The number of rotatable bonds is 5. The molecular weight excluding hydrogens is 289 g/mol. The summed E-state index contributed by atoms with van der Waals surface area (Å²) in [4.78, 5) is 0. The van der Waals surface area contributed by atoms with Crippen molar-refractivity contribution in [3.63, 3.8) is 0 Å². The number of nitrogens with one attached hydrogen (secondary N) is 1. The summed E-state index contributed by atoms with van der Waals surface area (Å²) >= 11 is 12.0. The molecule has 0 amide bonds. The zero-order valence-electron chi connectivity index (χ0n) is 11.8. The van der Waals surface area contributed by atoms with Gasteiger partial charge in [-0.25, -0.2) is 0 Å². The molecule has 0 radical (unpaired) electrons. The molecule has 106 valence electrons. The second kappa shape index (κ2) is 7.12. The van der Waals surface area contributed by atoms with E-state index in [1.807, 2.05) is 18.2 Å². The predicted octanol–water partition coefficient (Wildman–Crippen LogP) is 5.54. The standard InChI is InChI=1S/C17H19Cl2N/c1-3-17(14-7-4-12(2)5-8-14)20-11-13-6-9-15(18)16(19)10-13/h4-10,17,20H,3,11H2,1-2H3. The maximum atomic E-state index is 6.04. The summed E-state index contributed by atoms with van der Waals surface area (Å²) in [6.07, 6.45) is 1.05. The van der Waals surface area contributed by atoms with Crippen molar-refractivity contribution in [2.45, 2.75) is 32.9 Å². The quantitative estimate of drug-likeness (QED) is 0.764. The Kier molecular flexibility index (Phi) is 5.47.